The third-order valence-electron chi connectivity index (χ3n) is 6.82. The van der Waals surface area contributed by atoms with Crippen LogP contribution in [-0.2, 0) is 4.74 Å². The van der Waals surface area contributed by atoms with Gasteiger partial charge in [-0.05, 0) is 30.7 Å². The number of carbonyl (C=O) groups excluding carboxylic acids is 1. The molecule has 0 aliphatic carbocycles. The number of ether oxygens (including phenoxy) is 1. The molecule has 0 saturated carbocycles. The van der Waals surface area contributed by atoms with E-state index in [2.05, 4.69) is 58.9 Å². The summed E-state index contributed by atoms with van der Waals surface area (Å²) < 4.78 is 5.29. The minimum Gasteiger partial charge on any atom is -0.383 e. The number of benzene rings is 3. The number of anilines is 1. The lowest BCUT2D eigenvalue weighted by molar-refractivity contribution is 0.159. The molecule has 5 rings (SSSR count). The average Bonchev–Trinajstić information content (AvgIpc) is 3.30. The smallest absolute Gasteiger partial charge is 0.319 e. The first-order valence-corrected chi connectivity index (χ1v) is 12.4. The van der Waals surface area contributed by atoms with Gasteiger partial charge in [0.15, 0.2) is 0 Å². The van der Waals surface area contributed by atoms with Gasteiger partial charge in [0.1, 0.15) is 0 Å². The zero-order valence-electron chi connectivity index (χ0n) is 20.8. The number of fused-ring (bicyclic) bond motifs is 1. The lowest BCUT2D eigenvalue weighted by atomic mass is 9.94. The SMILES string of the molecule is COCCN1C[C@@H](NC(=O)Nc2cc3cc(C)ccc3nc2-c2ccccc2)[C@H](c2ccccc2)C1. The highest BCUT2D eigenvalue weighted by Crippen LogP contribution is 2.31. The van der Waals surface area contributed by atoms with Crippen molar-refractivity contribution >= 4 is 22.6 Å². The largest absolute Gasteiger partial charge is 0.383 e. The van der Waals surface area contributed by atoms with Crippen molar-refractivity contribution in [1.29, 1.82) is 0 Å². The van der Waals surface area contributed by atoms with Gasteiger partial charge in [-0.3, -0.25) is 4.90 Å². The highest BCUT2D eigenvalue weighted by atomic mass is 16.5. The van der Waals surface area contributed by atoms with Gasteiger partial charge in [-0.1, -0.05) is 72.3 Å². The van der Waals surface area contributed by atoms with E-state index in [-0.39, 0.29) is 18.0 Å². The van der Waals surface area contributed by atoms with Gasteiger partial charge in [0.25, 0.3) is 0 Å². The molecule has 6 heteroatoms. The summed E-state index contributed by atoms with van der Waals surface area (Å²) in [5, 5.41) is 7.38. The molecule has 184 valence electrons. The van der Waals surface area contributed by atoms with Crippen molar-refractivity contribution in [2.24, 2.45) is 0 Å². The van der Waals surface area contributed by atoms with Crippen LogP contribution in [0.15, 0.2) is 84.9 Å². The summed E-state index contributed by atoms with van der Waals surface area (Å²) in [6.45, 7) is 5.22. The average molecular weight is 481 g/mol. The number of urea groups is 1. The number of nitrogens with one attached hydrogen (secondary N) is 2. The third-order valence-corrected chi connectivity index (χ3v) is 6.82. The summed E-state index contributed by atoms with van der Waals surface area (Å²) in [7, 11) is 1.72. The van der Waals surface area contributed by atoms with Crippen LogP contribution in [0.25, 0.3) is 22.2 Å². The van der Waals surface area contributed by atoms with Crippen molar-refractivity contribution in [2.45, 2.75) is 18.9 Å². The first-order valence-electron chi connectivity index (χ1n) is 12.4. The Balaban J connectivity index is 1.41. The van der Waals surface area contributed by atoms with E-state index in [1.54, 1.807) is 7.11 Å². The lowest BCUT2D eigenvalue weighted by Gasteiger charge is -2.21. The molecule has 2 heterocycles. The number of hydrogen-bond acceptors (Lipinski definition) is 4. The van der Waals surface area contributed by atoms with E-state index in [9.17, 15) is 4.79 Å². The zero-order chi connectivity index (χ0) is 24.9. The molecular formula is C30H32N4O2. The number of aryl methyl sites for hydroxylation is 1. The van der Waals surface area contributed by atoms with Gasteiger partial charge < -0.3 is 15.4 Å². The van der Waals surface area contributed by atoms with Crippen LogP contribution >= 0.6 is 0 Å². The van der Waals surface area contributed by atoms with Crippen LogP contribution < -0.4 is 10.6 Å². The molecule has 1 saturated heterocycles. The standard InChI is InChI=1S/C30H32N4O2/c1-21-13-14-26-24(17-21)18-27(29(31-26)23-11-7-4-8-12-23)32-30(35)33-28-20-34(15-16-36-2)19-25(28)22-9-5-3-6-10-22/h3-14,17-18,25,28H,15-16,19-20H2,1-2H3,(H2,32,33,35)/t25-,28+/m0/s1. The Hall–Kier alpha value is -3.74. The second-order valence-corrected chi connectivity index (χ2v) is 9.42. The van der Waals surface area contributed by atoms with E-state index in [1.165, 1.54) is 5.56 Å². The van der Waals surface area contributed by atoms with Crippen LogP contribution in [-0.4, -0.2) is 55.3 Å². The molecular weight excluding hydrogens is 448 g/mol. The Bertz CT molecular complexity index is 1330. The van der Waals surface area contributed by atoms with E-state index in [0.29, 0.717) is 12.3 Å². The molecule has 0 bridgehead atoms. The number of nitrogens with zero attached hydrogens (tertiary/aromatic N) is 2. The predicted octanol–water partition coefficient (Wildman–Crippen LogP) is 5.45. The van der Waals surface area contributed by atoms with Gasteiger partial charge >= 0.3 is 6.03 Å². The summed E-state index contributed by atoms with van der Waals surface area (Å²) in [5.41, 5.74) is 5.70. The monoisotopic (exact) mass is 480 g/mol. The molecule has 0 spiro atoms. The van der Waals surface area contributed by atoms with E-state index < -0.39 is 0 Å². The third kappa shape index (κ3) is 5.40. The molecule has 0 unspecified atom stereocenters. The summed E-state index contributed by atoms with van der Waals surface area (Å²) in [5.74, 6) is 0.208. The van der Waals surface area contributed by atoms with Crippen LogP contribution in [0.3, 0.4) is 0 Å². The molecule has 1 fully saturated rings. The maximum atomic E-state index is 13.4. The van der Waals surface area contributed by atoms with Crippen LogP contribution in [0.5, 0.6) is 0 Å². The summed E-state index contributed by atoms with van der Waals surface area (Å²) in [6.07, 6.45) is 0. The number of aromatic nitrogens is 1. The number of methoxy groups -OCH3 is 1. The lowest BCUT2D eigenvalue weighted by Crippen LogP contribution is -2.42. The van der Waals surface area contributed by atoms with E-state index in [1.807, 2.05) is 48.5 Å². The van der Waals surface area contributed by atoms with Crippen LogP contribution in [0, 0.1) is 6.92 Å². The van der Waals surface area contributed by atoms with Crippen molar-refractivity contribution in [2.75, 3.05) is 38.7 Å². The second kappa shape index (κ2) is 10.9. The van der Waals surface area contributed by atoms with Crippen LogP contribution in [0.4, 0.5) is 10.5 Å². The van der Waals surface area contributed by atoms with Crippen LogP contribution in [0.2, 0.25) is 0 Å². The van der Waals surface area contributed by atoms with Crippen molar-refractivity contribution < 1.29 is 9.53 Å². The first kappa shape index (κ1) is 24.0. The Morgan fingerprint density at radius 2 is 1.75 bits per heavy atom. The highest BCUT2D eigenvalue weighted by molar-refractivity contribution is 5.98. The Morgan fingerprint density at radius 1 is 1.00 bits per heavy atom. The number of carbonyl (C=O) groups is 1. The van der Waals surface area contributed by atoms with Crippen LogP contribution in [0.1, 0.15) is 17.0 Å². The highest BCUT2D eigenvalue weighted by Gasteiger charge is 2.34. The number of pyridine rings is 1. The van der Waals surface area contributed by atoms with E-state index in [0.717, 1.165) is 47.4 Å². The summed E-state index contributed by atoms with van der Waals surface area (Å²) in [4.78, 5) is 20.6. The fraction of sp³-hybridized carbons (Fsp3) is 0.267. The summed E-state index contributed by atoms with van der Waals surface area (Å²) >= 11 is 0. The molecule has 4 aromatic rings. The Kier molecular flexibility index (Phi) is 7.26. The molecule has 6 nitrogen and oxygen atoms in total. The first-order chi connectivity index (χ1) is 17.6. The second-order valence-electron chi connectivity index (χ2n) is 9.42. The molecule has 1 aromatic heterocycles. The van der Waals surface area contributed by atoms with Gasteiger partial charge in [0, 0.05) is 43.6 Å². The van der Waals surface area contributed by atoms with Gasteiger partial charge in [-0.25, -0.2) is 9.78 Å². The maximum Gasteiger partial charge on any atom is 0.319 e. The molecule has 36 heavy (non-hydrogen) atoms. The van der Waals surface area contributed by atoms with Crippen molar-refractivity contribution in [3.8, 4) is 11.3 Å². The number of hydrogen-bond donors (Lipinski definition) is 2. The van der Waals surface area contributed by atoms with Crippen molar-refractivity contribution in [1.82, 2.24) is 15.2 Å². The van der Waals surface area contributed by atoms with Crippen molar-refractivity contribution in [3.05, 3.63) is 96.1 Å². The minimum atomic E-state index is -0.222. The minimum absolute atomic E-state index is 0.0138. The number of rotatable bonds is 7. The number of likely N-dealkylation sites (tertiary alicyclic amines) is 1. The Labute approximate surface area is 212 Å². The summed E-state index contributed by atoms with van der Waals surface area (Å²) in [6, 6.07) is 28.4. The molecule has 2 atom stereocenters. The molecule has 1 aliphatic heterocycles. The van der Waals surface area contributed by atoms with E-state index in [4.69, 9.17) is 9.72 Å². The fourth-order valence-electron chi connectivity index (χ4n) is 5.01. The molecule has 1 aliphatic rings. The van der Waals surface area contributed by atoms with Gasteiger partial charge in [0.05, 0.1) is 29.5 Å². The normalized spacial score (nSPS) is 17.8. The molecule has 2 N–H and O–H groups in total. The van der Waals surface area contributed by atoms with Gasteiger partial charge in [-0.2, -0.15) is 0 Å². The quantitative estimate of drug-likeness (QED) is 0.369. The predicted molar refractivity (Wildman–Crippen MR) is 145 cm³/mol. The topological polar surface area (TPSA) is 66.5 Å². The maximum absolute atomic E-state index is 13.4. The zero-order valence-corrected chi connectivity index (χ0v) is 20.8. The fourth-order valence-corrected chi connectivity index (χ4v) is 5.01. The molecule has 0 radical (unpaired) electrons. The van der Waals surface area contributed by atoms with Gasteiger partial charge in [0.2, 0.25) is 0 Å². The van der Waals surface area contributed by atoms with E-state index >= 15 is 0 Å². The molecule has 3 aromatic carbocycles. The van der Waals surface area contributed by atoms with Gasteiger partial charge in [-0.15, -0.1) is 0 Å². The number of amides is 2. The molecule has 2 amide bonds. The Morgan fingerprint density at radius 3 is 2.50 bits per heavy atom. The van der Waals surface area contributed by atoms with Crippen molar-refractivity contribution in [3.63, 3.8) is 0 Å².